The molecule has 0 bridgehead atoms. The molecule has 1 aromatic carbocycles. The van der Waals surface area contributed by atoms with Gasteiger partial charge in [0.05, 0.1) is 6.04 Å². The number of anilines is 1. The minimum Gasteiger partial charge on any atom is -0.374 e. The van der Waals surface area contributed by atoms with Crippen molar-refractivity contribution in [2.75, 3.05) is 25.0 Å². The molecule has 0 fully saturated rings. The van der Waals surface area contributed by atoms with Crippen LogP contribution in [-0.4, -0.2) is 32.1 Å². The molecule has 4 heteroatoms. The number of nitrogens with zero attached hydrogens (tertiary/aromatic N) is 1. The largest absolute Gasteiger partial charge is 0.374 e. The molecular weight excluding hydrogens is 250 g/mol. The van der Waals surface area contributed by atoms with Crippen molar-refractivity contribution < 1.29 is 4.79 Å². The molecule has 0 saturated heterocycles. The van der Waals surface area contributed by atoms with E-state index in [-0.39, 0.29) is 11.9 Å². The number of hydrogen-bond donors (Lipinski definition) is 2. The van der Waals surface area contributed by atoms with Gasteiger partial charge in [-0.05, 0) is 44.9 Å². The maximum absolute atomic E-state index is 11.4. The zero-order chi connectivity index (χ0) is 15.1. The van der Waals surface area contributed by atoms with Gasteiger partial charge in [0.1, 0.15) is 0 Å². The average molecular weight is 277 g/mol. The molecule has 1 aromatic rings. The van der Waals surface area contributed by atoms with E-state index in [4.69, 9.17) is 5.73 Å². The second-order valence-electron chi connectivity index (χ2n) is 5.41. The molecule has 1 unspecified atom stereocenters. The van der Waals surface area contributed by atoms with Crippen LogP contribution in [0.3, 0.4) is 0 Å². The first-order valence-electron chi connectivity index (χ1n) is 7.26. The maximum atomic E-state index is 11.4. The molecule has 0 saturated carbocycles. The number of nitrogens with one attached hydrogen (secondary N) is 1. The van der Waals surface area contributed by atoms with E-state index >= 15 is 0 Å². The van der Waals surface area contributed by atoms with Crippen LogP contribution in [-0.2, 0) is 4.79 Å². The van der Waals surface area contributed by atoms with Crippen molar-refractivity contribution in [1.29, 1.82) is 0 Å². The van der Waals surface area contributed by atoms with Gasteiger partial charge in [0.25, 0.3) is 0 Å². The topological polar surface area (TPSA) is 58.4 Å². The van der Waals surface area contributed by atoms with Crippen LogP contribution in [0, 0.1) is 13.8 Å². The summed E-state index contributed by atoms with van der Waals surface area (Å²) in [7, 11) is 2.05. The van der Waals surface area contributed by atoms with Crippen molar-refractivity contribution in [2.45, 2.75) is 39.7 Å². The zero-order valence-electron chi connectivity index (χ0n) is 13.1. The first-order valence-corrected chi connectivity index (χ1v) is 7.26. The van der Waals surface area contributed by atoms with Crippen molar-refractivity contribution in [2.24, 2.45) is 5.73 Å². The molecule has 112 valence electrons. The molecule has 0 aliphatic rings. The lowest BCUT2D eigenvalue weighted by Gasteiger charge is -2.24. The van der Waals surface area contributed by atoms with Gasteiger partial charge in [-0.25, -0.2) is 0 Å². The molecule has 20 heavy (non-hydrogen) atoms. The fourth-order valence-electron chi connectivity index (χ4n) is 2.34. The van der Waals surface area contributed by atoms with Gasteiger partial charge >= 0.3 is 0 Å². The number of rotatable bonds is 8. The number of carbonyl (C=O) groups excluding carboxylic acids is 1. The third-order valence-corrected chi connectivity index (χ3v) is 3.50. The lowest BCUT2D eigenvalue weighted by molar-refractivity contribution is -0.120. The van der Waals surface area contributed by atoms with Crippen LogP contribution >= 0.6 is 0 Å². The van der Waals surface area contributed by atoms with E-state index in [0.717, 1.165) is 25.9 Å². The number of primary amides is 1. The number of carbonyl (C=O) groups is 1. The standard InChI is InChI=1S/C16H27N3O/c1-5-9-18-14(16(17)20)8-10-19(4)15-7-6-12(2)11-13(15)3/h6-7,11,14,18H,5,8-10H2,1-4H3,(H2,17,20). The second kappa shape index (κ2) is 7.90. The van der Waals surface area contributed by atoms with Crippen molar-refractivity contribution in [3.05, 3.63) is 29.3 Å². The number of amides is 1. The van der Waals surface area contributed by atoms with Crippen LogP contribution in [0.25, 0.3) is 0 Å². The lowest BCUT2D eigenvalue weighted by atomic mass is 10.1. The van der Waals surface area contributed by atoms with E-state index in [9.17, 15) is 4.79 Å². The highest BCUT2D eigenvalue weighted by molar-refractivity contribution is 5.79. The molecule has 1 rings (SSSR count). The van der Waals surface area contributed by atoms with Crippen LogP contribution in [0.1, 0.15) is 30.9 Å². The van der Waals surface area contributed by atoms with E-state index < -0.39 is 0 Å². The number of aryl methyl sites for hydroxylation is 2. The normalized spacial score (nSPS) is 12.2. The Hall–Kier alpha value is -1.55. The predicted octanol–water partition coefficient (Wildman–Crippen LogP) is 1.98. The van der Waals surface area contributed by atoms with Gasteiger partial charge in [0, 0.05) is 19.3 Å². The Labute approximate surface area is 122 Å². The van der Waals surface area contributed by atoms with Crippen LogP contribution in [0.15, 0.2) is 18.2 Å². The fraction of sp³-hybridized carbons (Fsp3) is 0.562. The summed E-state index contributed by atoms with van der Waals surface area (Å²) in [5.74, 6) is -0.271. The highest BCUT2D eigenvalue weighted by atomic mass is 16.1. The molecule has 1 amide bonds. The minimum absolute atomic E-state index is 0.247. The van der Waals surface area contributed by atoms with Gasteiger partial charge in [-0.3, -0.25) is 4.79 Å². The highest BCUT2D eigenvalue weighted by Crippen LogP contribution is 2.20. The Balaban J connectivity index is 2.60. The van der Waals surface area contributed by atoms with E-state index in [0.29, 0.717) is 0 Å². The van der Waals surface area contributed by atoms with Gasteiger partial charge in [0.2, 0.25) is 5.91 Å². The van der Waals surface area contributed by atoms with Crippen LogP contribution in [0.5, 0.6) is 0 Å². The maximum Gasteiger partial charge on any atom is 0.234 e. The third kappa shape index (κ3) is 4.85. The van der Waals surface area contributed by atoms with E-state index in [2.05, 4.69) is 56.2 Å². The highest BCUT2D eigenvalue weighted by Gasteiger charge is 2.15. The number of hydrogen-bond acceptors (Lipinski definition) is 3. The predicted molar refractivity (Wildman–Crippen MR) is 85.1 cm³/mol. The van der Waals surface area contributed by atoms with E-state index in [1.54, 1.807) is 0 Å². The van der Waals surface area contributed by atoms with Gasteiger partial charge in [-0.2, -0.15) is 0 Å². The van der Waals surface area contributed by atoms with E-state index in [1.807, 2.05) is 0 Å². The van der Waals surface area contributed by atoms with Gasteiger partial charge < -0.3 is 16.0 Å². The number of benzene rings is 1. The summed E-state index contributed by atoms with van der Waals surface area (Å²) < 4.78 is 0. The Morgan fingerprint density at radius 2 is 2.10 bits per heavy atom. The first-order chi connectivity index (χ1) is 9.45. The Morgan fingerprint density at radius 3 is 2.65 bits per heavy atom. The molecule has 0 aliphatic heterocycles. The van der Waals surface area contributed by atoms with Gasteiger partial charge in [-0.1, -0.05) is 24.6 Å². The second-order valence-corrected chi connectivity index (χ2v) is 5.41. The van der Waals surface area contributed by atoms with Crippen molar-refractivity contribution >= 4 is 11.6 Å². The summed E-state index contributed by atoms with van der Waals surface area (Å²) >= 11 is 0. The number of nitrogens with two attached hydrogens (primary N) is 1. The molecule has 1 atom stereocenters. The summed E-state index contributed by atoms with van der Waals surface area (Å²) in [4.78, 5) is 13.6. The minimum atomic E-state index is -0.271. The van der Waals surface area contributed by atoms with Crippen molar-refractivity contribution in [1.82, 2.24) is 5.32 Å². The van der Waals surface area contributed by atoms with Crippen LogP contribution < -0.4 is 16.0 Å². The summed E-state index contributed by atoms with van der Waals surface area (Å²) in [6.45, 7) is 7.90. The fourth-order valence-corrected chi connectivity index (χ4v) is 2.34. The zero-order valence-corrected chi connectivity index (χ0v) is 13.1. The summed E-state index contributed by atoms with van der Waals surface area (Å²) in [5, 5.41) is 3.20. The molecule has 0 aromatic heterocycles. The first kappa shape index (κ1) is 16.5. The van der Waals surface area contributed by atoms with Crippen LogP contribution in [0.2, 0.25) is 0 Å². The van der Waals surface area contributed by atoms with Crippen LogP contribution in [0.4, 0.5) is 5.69 Å². The lowest BCUT2D eigenvalue weighted by Crippen LogP contribution is -2.43. The molecule has 0 radical (unpaired) electrons. The third-order valence-electron chi connectivity index (χ3n) is 3.50. The summed E-state index contributed by atoms with van der Waals surface area (Å²) in [6.07, 6.45) is 1.72. The Bertz CT molecular complexity index is 445. The molecular formula is C16H27N3O. The summed E-state index contributed by atoms with van der Waals surface area (Å²) in [6, 6.07) is 6.17. The Kier molecular flexibility index (Phi) is 6.52. The van der Waals surface area contributed by atoms with Gasteiger partial charge in [-0.15, -0.1) is 0 Å². The summed E-state index contributed by atoms with van der Waals surface area (Å²) in [5.41, 5.74) is 9.15. The smallest absolute Gasteiger partial charge is 0.234 e. The van der Waals surface area contributed by atoms with E-state index in [1.165, 1.54) is 16.8 Å². The van der Waals surface area contributed by atoms with Gasteiger partial charge in [0.15, 0.2) is 0 Å². The van der Waals surface area contributed by atoms with Crippen molar-refractivity contribution in [3.8, 4) is 0 Å². The Morgan fingerprint density at radius 1 is 1.40 bits per heavy atom. The monoisotopic (exact) mass is 277 g/mol. The molecule has 0 spiro atoms. The molecule has 4 nitrogen and oxygen atoms in total. The molecule has 0 aliphatic carbocycles. The SMILES string of the molecule is CCCNC(CCN(C)c1ccc(C)cc1C)C(N)=O. The van der Waals surface area contributed by atoms with Crippen molar-refractivity contribution in [3.63, 3.8) is 0 Å². The molecule has 0 heterocycles. The molecule has 3 N–H and O–H groups in total. The quantitative estimate of drug-likeness (QED) is 0.764. The average Bonchev–Trinajstić information content (AvgIpc) is 2.38.